The van der Waals surface area contributed by atoms with E-state index in [1.165, 1.54) is 0 Å². The fourth-order valence-corrected chi connectivity index (χ4v) is 2.64. The van der Waals surface area contributed by atoms with Crippen LogP contribution in [0, 0.1) is 11.3 Å². The third-order valence-electron chi connectivity index (χ3n) is 3.67. The first-order valence-electron chi connectivity index (χ1n) is 6.66. The summed E-state index contributed by atoms with van der Waals surface area (Å²) in [4.78, 5) is 22.6. The molecule has 1 aliphatic carbocycles. The Kier molecular flexibility index (Phi) is 5.05. The molecule has 1 saturated carbocycles. The molecule has 0 bridgehead atoms. The van der Waals surface area contributed by atoms with E-state index in [0.717, 1.165) is 6.42 Å². The van der Waals surface area contributed by atoms with Crippen LogP contribution in [-0.2, 0) is 9.59 Å². The Bertz CT molecular complexity index is 376. The monoisotopic (exact) mass is 295 g/mol. The molecule has 1 rings (SSSR count). The van der Waals surface area contributed by atoms with Gasteiger partial charge in [-0.2, -0.15) is 13.2 Å². The first-order chi connectivity index (χ1) is 9.07. The Balaban J connectivity index is 2.77. The SMILES string of the molecule is CC(C)CC1(C(=O)NC(CC(=O)O)C(F)(F)F)CCC1. The lowest BCUT2D eigenvalue weighted by atomic mass is 9.64. The largest absolute Gasteiger partial charge is 0.481 e. The van der Waals surface area contributed by atoms with Crippen molar-refractivity contribution in [2.45, 2.75) is 58.2 Å². The fourth-order valence-electron chi connectivity index (χ4n) is 2.64. The number of amides is 1. The zero-order valence-corrected chi connectivity index (χ0v) is 11.6. The predicted molar refractivity (Wildman–Crippen MR) is 66.0 cm³/mol. The molecule has 0 saturated heterocycles. The number of nitrogens with one attached hydrogen (secondary N) is 1. The summed E-state index contributed by atoms with van der Waals surface area (Å²) in [5.41, 5.74) is -0.754. The molecule has 0 aromatic heterocycles. The maximum atomic E-state index is 12.7. The molecule has 116 valence electrons. The molecule has 0 radical (unpaired) electrons. The van der Waals surface area contributed by atoms with Gasteiger partial charge in [0.05, 0.1) is 6.42 Å². The van der Waals surface area contributed by atoms with Crippen LogP contribution in [-0.4, -0.2) is 29.2 Å². The van der Waals surface area contributed by atoms with E-state index in [0.29, 0.717) is 19.3 Å². The third-order valence-corrected chi connectivity index (χ3v) is 3.67. The average molecular weight is 295 g/mol. The van der Waals surface area contributed by atoms with E-state index in [1.807, 2.05) is 19.2 Å². The smallest absolute Gasteiger partial charge is 0.409 e. The third kappa shape index (κ3) is 4.11. The van der Waals surface area contributed by atoms with Crippen LogP contribution < -0.4 is 5.32 Å². The molecular weight excluding hydrogens is 275 g/mol. The van der Waals surface area contributed by atoms with Crippen LogP contribution in [0.3, 0.4) is 0 Å². The number of carbonyl (C=O) groups excluding carboxylic acids is 1. The van der Waals surface area contributed by atoms with Crippen LogP contribution in [0.25, 0.3) is 0 Å². The Morgan fingerprint density at radius 2 is 1.85 bits per heavy atom. The molecule has 0 spiro atoms. The molecule has 1 aliphatic rings. The van der Waals surface area contributed by atoms with Crippen molar-refractivity contribution < 1.29 is 27.9 Å². The van der Waals surface area contributed by atoms with Crippen molar-refractivity contribution in [2.75, 3.05) is 0 Å². The van der Waals surface area contributed by atoms with Gasteiger partial charge in [-0.05, 0) is 25.2 Å². The minimum absolute atomic E-state index is 0.199. The number of carbonyl (C=O) groups is 2. The Hall–Kier alpha value is -1.27. The zero-order chi connectivity index (χ0) is 15.6. The summed E-state index contributed by atoms with van der Waals surface area (Å²) >= 11 is 0. The van der Waals surface area contributed by atoms with Crippen molar-refractivity contribution in [2.24, 2.45) is 11.3 Å². The number of hydrogen-bond acceptors (Lipinski definition) is 2. The van der Waals surface area contributed by atoms with Gasteiger partial charge in [0.15, 0.2) is 0 Å². The first kappa shape index (κ1) is 16.8. The van der Waals surface area contributed by atoms with Gasteiger partial charge in [-0.3, -0.25) is 9.59 Å². The van der Waals surface area contributed by atoms with E-state index < -0.39 is 35.9 Å². The highest BCUT2D eigenvalue weighted by Gasteiger charge is 2.48. The average Bonchev–Trinajstić information content (AvgIpc) is 2.19. The van der Waals surface area contributed by atoms with Crippen LogP contribution in [0.1, 0.15) is 46.0 Å². The Morgan fingerprint density at radius 3 is 2.15 bits per heavy atom. The van der Waals surface area contributed by atoms with E-state index in [4.69, 9.17) is 5.11 Å². The van der Waals surface area contributed by atoms with Crippen LogP contribution in [0.2, 0.25) is 0 Å². The van der Waals surface area contributed by atoms with Crippen molar-refractivity contribution in [3.8, 4) is 0 Å². The molecule has 1 fully saturated rings. The molecule has 1 atom stereocenters. The fraction of sp³-hybridized carbons (Fsp3) is 0.846. The van der Waals surface area contributed by atoms with Crippen LogP contribution in [0.5, 0.6) is 0 Å². The molecule has 7 heteroatoms. The van der Waals surface area contributed by atoms with E-state index in [1.54, 1.807) is 0 Å². The van der Waals surface area contributed by atoms with Crippen LogP contribution in [0.4, 0.5) is 13.2 Å². The number of carboxylic acids is 1. The molecule has 4 nitrogen and oxygen atoms in total. The number of alkyl halides is 3. The number of aliphatic carboxylic acids is 1. The predicted octanol–water partition coefficient (Wildman–Crippen LogP) is 2.72. The van der Waals surface area contributed by atoms with Gasteiger partial charge in [0.2, 0.25) is 5.91 Å². The zero-order valence-electron chi connectivity index (χ0n) is 11.6. The number of rotatable bonds is 6. The standard InChI is InChI=1S/C13H20F3NO3/c1-8(2)7-12(4-3-5-12)11(20)17-9(6-10(18)19)13(14,15)16/h8-9H,3-7H2,1-2H3,(H,17,20)(H,18,19). The lowest BCUT2D eigenvalue weighted by Crippen LogP contribution is -2.54. The van der Waals surface area contributed by atoms with E-state index in [9.17, 15) is 22.8 Å². The van der Waals surface area contributed by atoms with Gasteiger partial charge < -0.3 is 10.4 Å². The quantitative estimate of drug-likeness (QED) is 0.791. The van der Waals surface area contributed by atoms with Crippen molar-refractivity contribution >= 4 is 11.9 Å². The van der Waals surface area contributed by atoms with Gasteiger partial charge >= 0.3 is 12.1 Å². The van der Waals surface area contributed by atoms with Crippen LogP contribution in [0.15, 0.2) is 0 Å². The molecule has 0 aliphatic heterocycles. The van der Waals surface area contributed by atoms with Crippen molar-refractivity contribution in [1.29, 1.82) is 0 Å². The minimum atomic E-state index is -4.75. The van der Waals surface area contributed by atoms with Gasteiger partial charge in [0, 0.05) is 5.41 Å². The highest BCUT2D eigenvalue weighted by atomic mass is 19.4. The number of halogens is 3. The second-order valence-electron chi connectivity index (χ2n) is 5.90. The topological polar surface area (TPSA) is 66.4 Å². The summed E-state index contributed by atoms with van der Waals surface area (Å²) in [6.07, 6.45) is -3.43. The normalized spacial score (nSPS) is 19.3. The Labute approximate surface area is 115 Å². The highest BCUT2D eigenvalue weighted by molar-refractivity contribution is 5.84. The molecule has 20 heavy (non-hydrogen) atoms. The van der Waals surface area contributed by atoms with E-state index in [-0.39, 0.29) is 5.92 Å². The van der Waals surface area contributed by atoms with Gasteiger partial charge in [-0.1, -0.05) is 20.3 Å². The summed E-state index contributed by atoms with van der Waals surface area (Å²) in [5.74, 6) is -2.05. The summed E-state index contributed by atoms with van der Waals surface area (Å²) in [5, 5.41) is 10.4. The minimum Gasteiger partial charge on any atom is -0.481 e. The van der Waals surface area contributed by atoms with Gasteiger partial charge in [-0.15, -0.1) is 0 Å². The van der Waals surface area contributed by atoms with E-state index >= 15 is 0 Å². The second-order valence-corrected chi connectivity index (χ2v) is 5.90. The molecule has 1 unspecified atom stereocenters. The summed E-state index contributed by atoms with van der Waals surface area (Å²) in [6, 6.07) is -2.32. The lowest BCUT2D eigenvalue weighted by Gasteiger charge is -2.42. The van der Waals surface area contributed by atoms with Crippen molar-refractivity contribution in [3.05, 3.63) is 0 Å². The summed E-state index contributed by atoms with van der Waals surface area (Å²) in [6.45, 7) is 3.82. The van der Waals surface area contributed by atoms with Gasteiger partial charge in [0.25, 0.3) is 0 Å². The first-order valence-corrected chi connectivity index (χ1v) is 6.66. The maximum Gasteiger partial charge on any atom is 0.409 e. The molecule has 0 aromatic rings. The molecular formula is C13H20F3NO3. The summed E-state index contributed by atoms with van der Waals surface area (Å²) < 4.78 is 38.2. The molecule has 0 heterocycles. The van der Waals surface area contributed by atoms with Crippen molar-refractivity contribution in [1.82, 2.24) is 5.32 Å². The summed E-state index contributed by atoms with van der Waals surface area (Å²) in [7, 11) is 0. The highest BCUT2D eigenvalue weighted by Crippen LogP contribution is 2.46. The van der Waals surface area contributed by atoms with Crippen molar-refractivity contribution in [3.63, 3.8) is 0 Å². The van der Waals surface area contributed by atoms with Gasteiger partial charge in [0.1, 0.15) is 6.04 Å². The second kappa shape index (κ2) is 6.01. The molecule has 2 N–H and O–H groups in total. The Morgan fingerprint density at radius 1 is 1.30 bits per heavy atom. The molecule has 0 aromatic carbocycles. The van der Waals surface area contributed by atoms with Crippen LogP contribution >= 0.6 is 0 Å². The maximum absolute atomic E-state index is 12.7. The van der Waals surface area contributed by atoms with Gasteiger partial charge in [-0.25, -0.2) is 0 Å². The lowest BCUT2D eigenvalue weighted by molar-refractivity contribution is -0.174. The number of hydrogen-bond donors (Lipinski definition) is 2. The molecule has 1 amide bonds. The van der Waals surface area contributed by atoms with E-state index in [2.05, 4.69) is 0 Å². The number of carboxylic acid groups (broad SMARTS) is 1.